The van der Waals surface area contributed by atoms with Crippen LogP contribution in [0.3, 0.4) is 0 Å². The SMILES string of the molecule is Cc1cc(N=C(N)N)nc(=O)n1-c1ccccc1. The van der Waals surface area contributed by atoms with Crippen LogP contribution in [0.25, 0.3) is 5.69 Å². The van der Waals surface area contributed by atoms with Crippen LogP contribution in [0.5, 0.6) is 0 Å². The minimum Gasteiger partial charge on any atom is -0.370 e. The molecule has 0 bridgehead atoms. The Bertz CT molecular complexity index is 641. The molecule has 0 aliphatic carbocycles. The highest BCUT2D eigenvalue weighted by atomic mass is 16.1. The summed E-state index contributed by atoms with van der Waals surface area (Å²) in [4.78, 5) is 19.5. The van der Waals surface area contributed by atoms with E-state index in [9.17, 15) is 4.79 Å². The van der Waals surface area contributed by atoms with Crippen LogP contribution in [-0.4, -0.2) is 15.5 Å². The third-order valence-corrected chi connectivity index (χ3v) is 2.35. The fourth-order valence-electron chi connectivity index (χ4n) is 1.66. The molecule has 0 radical (unpaired) electrons. The van der Waals surface area contributed by atoms with Gasteiger partial charge in [-0.2, -0.15) is 9.98 Å². The van der Waals surface area contributed by atoms with Crippen molar-refractivity contribution in [3.8, 4) is 5.69 Å². The van der Waals surface area contributed by atoms with E-state index in [-0.39, 0.29) is 11.8 Å². The Kier molecular flexibility index (Phi) is 3.09. The molecule has 2 rings (SSSR count). The number of benzene rings is 1. The van der Waals surface area contributed by atoms with E-state index >= 15 is 0 Å². The van der Waals surface area contributed by atoms with Crippen molar-refractivity contribution in [2.75, 3.05) is 0 Å². The third kappa shape index (κ3) is 2.37. The van der Waals surface area contributed by atoms with Crippen LogP contribution in [0.15, 0.2) is 46.2 Å². The van der Waals surface area contributed by atoms with Gasteiger partial charge in [-0.05, 0) is 19.1 Å². The summed E-state index contributed by atoms with van der Waals surface area (Å²) in [6, 6.07) is 10.9. The van der Waals surface area contributed by atoms with Crippen molar-refractivity contribution >= 4 is 11.8 Å². The number of hydrogen-bond donors (Lipinski definition) is 2. The first kappa shape index (κ1) is 11.8. The number of para-hydroxylation sites is 1. The van der Waals surface area contributed by atoms with E-state index in [0.717, 1.165) is 5.69 Å². The summed E-state index contributed by atoms with van der Waals surface area (Å²) < 4.78 is 1.49. The molecule has 4 N–H and O–H groups in total. The zero-order valence-corrected chi connectivity index (χ0v) is 9.87. The maximum Gasteiger partial charge on any atom is 0.354 e. The van der Waals surface area contributed by atoms with Crippen LogP contribution >= 0.6 is 0 Å². The summed E-state index contributed by atoms with van der Waals surface area (Å²) in [6.45, 7) is 1.79. The maximum atomic E-state index is 11.9. The van der Waals surface area contributed by atoms with Gasteiger partial charge in [-0.3, -0.25) is 4.57 Å². The van der Waals surface area contributed by atoms with Crippen LogP contribution < -0.4 is 17.2 Å². The van der Waals surface area contributed by atoms with E-state index in [1.165, 1.54) is 4.57 Å². The van der Waals surface area contributed by atoms with Crippen LogP contribution in [0.1, 0.15) is 5.69 Å². The quantitative estimate of drug-likeness (QED) is 0.590. The van der Waals surface area contributed by atoms with E-state index in [1.807, 2.05) is 30.3 Å². The molecular formula is C12H13N5O. The fraction of sp³-hybridized carbons (Fsp3) is 0.0833. The molecule has 2 aromatic rings. The molecular weight excluding hydrogens is 230 g/mol. The highest BCUT2D eigenvalue weighted by Crippen LogP contribution is 2.11. The van der Waals surface area contributed by atoms with Crippen molar-refractivity contribution in [1.82, 2.24) is 9.55 Å². The number of aliphatic imine (C=N–C) groups is 1. The van der Waals surface area contributed by atoms with Gasteiger partial charge in [0.25, 0.3) is 0 Å². The number of nitrogens with zero attached hydrogens (tertiary/aromatic N) is 3. The third-order valence-electron chi connectivity index (χ3n) is 2.35. The Balaban J connectivity index is 2.59. The Morgan fingerprint density at radius 3 is 2.50 bits per heavy atom. The lowest BCUT2D eigenvalue weighted by Gasteiger charge is -2.09. The smallest absolute Gasteiger partial charge is 0.354 e. The summed E-state index contributed by atoms with van der Waals surface area (Å²) in [5.41, 5.74) is 11.6. The Labute approximate surface area is 104 Å². The predicted octanol–water partition coefficient (Wildman–Crippen LogP) is 0.446. The lowest BCUT2D eigenvalue weighted by Crippen LogP contribution is -2.25. The van der Waals surface area contributed by atoms with Gasteiger partial charge in [-0.25, -0.2) is 4.79 Å². The normalized spacial score (nSPS) is 10.1. The molecule has 0 aliphatic rings. The van der Waals surface area contributed by atoms with Gasteiger partial charge in [0.2, 0.25) is 0 Å². The second-order valence-electron chi connectivity index (χ2n) is 3.75. The number of aryl methyl sites for hydroxylation is 1. The van der Waals surface area contributed by atoms with Gasteiger partial charge in [0.1, 0.15) is 0 Å². The molecule has 0 saturated heterocycles. The summed E-state index contributed by atoms with van der Waals surface area (Å²) >= 11 is 0. The van der Waals surface area contributed by atoms with Crippen LogP contribution in [-0.2, 0) is 0 Å². The molecule has 0 amide bonds. The second kappa shape index (κ2) is 4.70. The summed E-state index contributed by atoms with van der Waals surface area (Å²) in [5.74, 6) is 0.0865. The molecule has 6 nitrogen and oxygen atoms in total. The van der Waals surface area contributed by atoms with Crippen LogP contribution in [0.2, 0.25) is 0 Å². The molecule has 0 spiro atoms. The lowest BCUT2D eigenvalue weighted by atomic mass is 10.3. The standard InChI is InChI=1S/C12H13N5O/c1-8-7-10(15-11(13)14)16-12(18)17(8)9-5-3-2-4-6-9/h2-7H,1H3,(H4,13,14,15,16,18). The average molecular weight is 243 g/mol. The first-order valence-corrected chi connectivity index (χ1v) is 5.33. The van der Waals surface area contributed by atoms with E-state index in [2.05, 4.69) is 9.98 Å². The Morgan fingerprint density at radius 1 is 1.28 bits per heavy atom. The lowest BCUT2D eigenvalue weighted by molar-refractivity contribution is 0.872. The van der Waals surface area contributed by atoms with Gasteiger partial charge in [0.05, 0.1) is 5.69 Å². The monoisotopic (exact) mass is 243 g/mol. The van der Waals surface area contributed by atoms with E-state index in [1.54, 1.807) is 13.0 Å². The highest BCUT2D eigenvalue weighted by Gasteiger charge is 2.06. The molecule has 92 valence electrons. The number of hydrogen-bond acceptors (Lipinski definition) is 3. The van der Waals surface area contributed by atoms with Crippen LogP contribution in [0.4, 0.5) is 5.82 Å². The summed E-state index contributed by atoms with van der Waals surface area (Å²) in [7, 11) is 0. The predicted molar refractivity (Wildman–Crippen MR) is 70.0 cm³/mol. The minimum atomic E-state index is -0.416. The average Bonchev–Trinajstić information content (AvgIpc) is 2.28. The first-order chi connectivity index (χ1) is 8.58. The summed E-state index contributed by atoms with van der Waals surface area (Å²) in [5, 5.41) is 0. The maximum absolute atomic E-state index is 11.9. The Morgan fingerprint density at radius 2 is 1.94 bits per heavy atom. The van der Waals surface area contributed by atoms with E-state index in [4.69, 9.17) is 11.5 Å². The van der Waals surface area contributed by atoms with Gasteiger partial charge in [-0.1, -0.05) is 18.2 Å². The zero-order valence-electron chi connectivity index (χ0n) is 9.87. The molecule has 0 unspecified atom stereocenters. The van der Waals surface area contributed by atoms with Crippen molar-refractivity contribution in [2.45, 2.75) is 6.92 Å². The number of nitrogens with two attached hydrogens (primary N) is 2. The Hall–Kier alpha value is -2.63. The van der Waals surface area contributed by atoms with Gasteiger partial charge in [0.15, 0.2) is 11.8 Å². The number of rotatable bonds is 2. The van der Waals surface area contributed by atoms with Gasteiger partial charge >= 0.3 is 5.69 Å². The fourth-order valence-corrected chi connectivity index (χ4v) is 1.66. The molecule has 1 aromatic carbocycles. The van der Waals surface area contributed by atoms with E-state index in [0.29, 0.717) is 5.69 Å². The van der Waals surface area contributed by atoms with E-state index < -0.39 is 5.69 Å². The van der Waals surface area contributed by atoms with Crippen molar-refractivity contribution in [3.63, 3.8) is 0 Å². The molecule has 0 fully saturated rings. The highest BCUT2D eigenvalue weighted by molar-refractivity contribution is 5.78. The van der Waals surface area contributed by atoms with Gasteiger partial charge in [0, 0.05) is 11.8 Å². The number of guanidine groups is 1. The molecule has 0 atom stereocenters. The summed E-state index contributed by atoms with van der Waals surface area (Å²) in [6.07, 6.45) is 0. The van der Waals surface area contributed by atoms with Crippen molar-refractivity contribution < 1.29 is 0 Å². The largest absolute Gasteiger partial charge is 0.370 e. The minimum absolute atomic E-state index is 0.126. The topological polar surface area (TPSA) is 99.3 Å². The number of aromatic nitrogens is 2. The zero-order chi connectivity index (χ0) is 13.1. The van der Waals surface area contributed by atoms with Crippen molar-refractivity contribution in [2.24, 2.45) is 16.5 Å². The molecule has 6 heteroatoms. The molecule has 18 heavy (non-hydrogen) atoms. The van der Waals surface area contributed by atoms with Crippen LogP contribution in [0, 0.1) is 6.92 Å². The van der Waals surface area contributed by atoms with Crippen molar-refractivity contribution in [1.29, 1.82) is 0 Å². The second-order valence-corrected chi connectivity index (χ2v) is 3.75. The van der Waals surface area contributed by atoms with Crippen molar-refractivity contribution in [3.05, 3.63) is 52.6 Å². The van der Waals surface area contributed by atoms with Gasteiger partial charge < -0.3 is 11.5 Å². The first-order valence-electron chi connectivity index (χ1n) is 5.33. The molecule has 1 aromatic heterocycles. The molecule has 0 aliphatic heterocycles. The molecule has 1 heterocycles. The van der Waals surface area contributed by atoms with Gasteiger partial charge in [-0.15, -0.1) is 0 Å². The molecule has 0 saturated carbocycles.